The summed E-state index contributed by atoms with van der Waals surface area (Å²) in [7, 11) is 0. The van der Waals surface area contributed by atoms with Crippen LogP contribution in [0.3, 0.4) is 0 Å². The number of urea groups is 1. The zero-order valence-electron chi connectivity index (χ0n) is 13.2. The van der Waals surface area contributed by atoms with Crippen molar-refractivity contribution in [1.29, 1.82) is 0 Å². The number of barbiturate groups is 1. The average Bonchev–Trinajstić information content (AvgIpc) is 2.45. The van der Waals surface area contributed by atoms with Gasteiger partial charge in [-0.25, -0.2) is 9.18 Å². The van der Waals surface area contributed by atoms with Crippen molar-refractivity contribution < 1.29 is 18.8 Å². The zero-order valence-corrected chi connectivity index (χ0v) is 13.2. The van der Waals surface area contributed by atoms with Gasteiger partial charge < -0.3 is 5.73 Å². The highest BCUT2D eigenvalue weighted by molar-refractivity contribution is 6.14. The quantitative estimate of drug-likeness (QED) is 0.838. The van der Waals surface area contributed by atoms with Gasteiger partial charge in [0.15, 0.2) is 0 Å². The van der Waals surface area contributed by atoms with Crippen LogP contribution in [-0.4, -0.2) is 40.2 Å². The van der Waals surface area contributed by atoms with Crippen LogP contribution in [0.15, 0.2) is 24.3 Å². The molecule has 0 bridgehead atoms. The van der Waals surface area contributed by atoms with Gasteiger partial charge in [0.2, 0.25) is 11.8 Å². The van der Waals surface area contributed by atoms with Crippen LogP contribution in [0.4, 0.5) is 9.18 Å². The van der Waals surface area contributed by atoms with Crippen LogP contribution in [0.1, 0.15) is 38.3 Å². The van der Waals surface area contributed by atoms with E-state index in [0.717, 1.165) is 9.80 Å². The van der Waals surface area contributed by atoms with Crippen molar-refractivity contribution >= 4 is 17.8 Å². The van der Waals surface area contributed by atoms with Gasteiger partial charge in [-0.05, 0) is 38.0 Å². The number of hydrogen-bond donors (Lipinski definition) is 1. The molecule has 2 N–H and O–H groups in total. The fourth-order valence-electron chi connectivity index (χ4n) is 2.55. The molecule has 1 atom stereocenters. The first-order chi connectivity index (χ1) is 10.8. The van der Waals surface area contributed by atoms with Crippen LogP contribution in [0.5, 0.6) is 0 Å². The van der Waals surface area contributed by atoms with Crippen molar-refractivity contribution in [3.63, 3.8) is 0 Å². The number of rotatable bonds is 5. The molecule has 23 heavy (non-hydrogen) atoms. The maximum Gasteiger partial charge on any atom is 0.333 e. The minimum Gasteiger partial charge on any atom is -0.324 e. The van der Waals surface area contributed by atoms with E-state index < -0.39 is 23.9 Å². The molecule has 6 nitrogen and oxygen atoms in total. The second-order valence-corrected chi connectivity index (χ2v) is 5.81. The minimum atomic E-state index is -0.618. The van der Waals surface area contributed by atoms with E-state index in [1.165, 1.54) is 12.1 Å². The molecule has 7 heteroatoms. The molecule has 1 aromatic rings. The van der Waals surface area contributed by atoms with E-state index in [9.17, 15) is 18.8 Å². The van der Waals surface area contributed by atoms with Gasteiger partial charge in [0, 0.05) is 18.6 Å². The molecule has 4 amide bonds. The first-order valence-electron chi connectivity index (χ1n) is 7.48. The number of carbonyl (C=O) groups excluding carboxylic acids is 3. The summed E-state index contributed by atoms with van der Waals surface area (Å²) >= 11 is 0. The minimum absolute atomic E-state index is 0.0891. The van der Waals surface area contributed by atoms with Crippen molar-refractivity contribution in [2.24, 2.45) is 5.73 Å². The molecule has 124 valence electrons. The van der Waals surface area contributed by atoms with Crippen molar-refractivity contribution in [2.75, 3.05) is 6.54 Å². The van der Waals surface area contributed by atoms with Gasteiger partial charge >= 0.3 is 6.03 Å². The van der Waals surface area contributed by atoms with Crippen LogP contribution < -0.4 is 5.73 Å². The summed E-state index contributed by atoms with van der Waals surface area (Å²) in [6.07, 6.45) is -0.0276. The molecule has 1 aromatic carbocycles. The third kappa shape index (κ3) is 3.73. The number of amides is 4. The Hall–Kier alpha value is -2.28. The van der Waals surface area contributed by atoms with Crippen LogP contribution in [0.2, 0.25) is 0 Å². The Balaban J connectivity index is 2.05. The van der Waals surface area contributed by atoms with Crippen LogP contribution >= 0.6 is 0 Å². The second kappa shape index (κ2) is 6.87. The summed E-state index contributed by atoms with van der Waals surface area (Å²) in [6, 6.07) is 4.46. The fraction of sp³-hybridized carbons (Fsp3) is 0.438. The SMILES string of the molecule is CC(C)N1C(=O)CC(=O)N(CC[C@@H](N)c2cccc(F)c2)C1=O. The summed E-state index contributed by atoms with van der Waals surface area (Å²) in [5.74, 6) is -1.40. The van der Waals surface area contributed by atoms with E-state index >= 15 is 0 Å². The Morgan fingerprint density at radius 3 is 2.52 bits per heavy atom. The zero-order chi connectivity index (χ0) is 17.1. The number of halogens is 1. The number of hydrogen-bond acceptors (Lipinski definition) is 4. The molecule has 0 saturated carbocycles. The molecule has 2 rings (SSSR count). The van der Waals surface area contributed by atoms with Crippen molar-refractivity contribution in [3.05, 3.63) is 35.6 Å². The predicted molar refractivity (Wildman–Crippen MR) is 81.7 cm³/mol. The number of imide groups is 2. The van der Waals surface area contributed by atoms with Gasteiger partial charge in [-0.15, -0.1) is 0 Å². The summed E-state index contributed by atoms with van der Waals surface area (Å²) in [6.45, 7) is 3.51. The smallest absolute Gasteiger partial charge is 0.324 e. The summed E-state index contributed by atoms with van der Waals surface area (Å²) in [5, 5.41) is 0. The maximum absolute atomic E-state index is 13.2. The standard InChI is InChI=1S/C16H20FN3O3/c1-10(2)20-15(22)9-14(21)19(16(20)23)7-6-13(18)11-4-3-5-12(17)8-11/h3-5,8,10,13H,6-7,9,18H2,1-2H3/t13-/m1/s1. The highest BCUT2D eigenvalue weighted by atomic mass is 19.1. The Kier molecular flexibility index (Phi) is 5.10. The molecule has 1 aliphatic rings. The summed E-state index contributed by atoms with van der Waals surface area (Å²) < 4.78 is 13.2. The molecule has 0 aromatic heterocycles. The molecule has 1 heterocycles. The number of nitrogens with zero attached hydrogens (tertiary/aromatic N) is 2. The molecule has 1 aliphatic heterocycles. The molecule has 0 radical (unpaired) electrons. The van der Waals surface area contributed by atoms with E-state index in [1.54, 1.807) is 26.0 Å². The predicted octanol–water partition coefficient (Wildman–Crippen LogP) is 1.80. The first-order valence-corrected chi connectivity index (χ1v) is 7.48. The third-order valence-electron chi connectivity index (χ3n) is 3.77. The monoisotopic (exact) mass is 321 g/mol. The molecule has 0 aliphatic carbocycles. The number of nitrogens with two attached hydrogens (primary N) is 1. The van der Waals surface area contributed by atoms with Crippen molar-refractivity contribution in [2.45, 2.75) is 38.8 Å². The topological polar surface area (TPSA) is 83.7 Å². The van der Waals surface area contributed by atoms with Gasteiger partial charge in [-0.3, -0.25) is 19.4 Å². The van der Waals surface area contributed by atoms with Gasteiger partial charge in [-0.2, -0.15) is 0 Å². The Bertz CT molecular complexity index is 633. The van der Waals surface area contributed by atoms with E-state index in [1.807, 2.05) is 0 Å². The van der Waals surface area contributed by atoms with E-state index in [-0.39, 0.29) is 24.8 Å². The molecule has 1 saturated heterocycles. The van der Waals surface area contributed by atoms with Gasteiger partial charge in [0.05, 0.1) is 0 Å². The highest BCUT2D eigenvalue weighted by Gasteiger charge is 2.38. The Labute approximate surface area is 134 Å². The van der Waals surface area contributed by atoms with Crippen molar-refractivity contribution in [3.8, 4) is 0 Å². The number of carbonyl (C=O) groups is 3. The fourth-order valence-corrected chi connectivity index (χ4v) is 2.55. The molecule has 0 spiro atoms. The normalized spacial score (nSPS) is 17.2. The Morgan fingerprint density at radius 2 is 1.91 bits per heavy atom. The Morgan fingerprint density at radius 1 is 1.22 bits per heavy atom. The first kappa shape index (κ1) is 17.1. The number of benzene rings is 1. The van der Waals surface area contributed by atoms with Gasteiger partial charge in [0.25, 0.3) is 0 Å². The largest absolute Gasteiger partial charge is 0.333 e. The summed E-state index contributed by atoms with van der Waals surface area (Å²) in [5.41, 5.74) is 6.59. The van der Waals surface area contributed by atoms with Crippen LogP contribution in [0.25, 0.3) is 0 Å². The molecule has 1 fully saturated rings. The second-order valence-electron chi connectivity index (χ2n) is 5.81. The van der Waals surface area contributed by atoms with Gasteiger partial charge in [0.1, 0.15) is 12.2 Å². The highest BCUT2D eigenvalue weighted by Crippen LogP contribution is 2.19. The molecular weight excluding hydrogens is 301 g/mol. The lowest BCUT2D eigenvalue weighted by Gasteiger charge is -2.35. The third-order valence-corrected chi connectivity index (χ3v) is 3.77. The van der Waals surface area contributed by atoms with Crippen molar-refractivity contribution in [1.82, 2.24) is 9.80 Å². The van der Waals surface area contributed by atoms with Crippen LogP contribution in [0, 0.1) is 5.82 Å². The molecule has 0 unspecified atom stereocenters. The lowest BCUT2D eigenvalue weighted by molar-refractivity contribution is -0.143. The van der Waals surface area contributed by atoms with Crippen LogP contribution in [-0.2, 0) is 9.59 Å². The van der Waals surface area contributed by atoms with E-state index in [4.69, 9.17) is 5.73 Å². The van der Waals surface area contributed by atoms with Gasteiger partial charge in [-0.1, -0.05) is 12.1 Å². The lowest BCUT2D eigenvalue weighted by atomic mass is 10.0. The molecular formula is C16H20FN3O3. The summed E-state index contributed by atoms with van der Waals surface area (Å²) in [4.78, 5) is 38.2. The maximum atomic E-state index is 13.2. The van der Waals surface area contributed by atoms with E-state index in [0.29, 0.717) is 12.0 Å². The van der Waals surface area contributed by atoms with E-state index in [2.05, 4.69) is 0 Å². The lowest BCUT2D eigenvalue weighted by Crippen LogP contribution is -2.57. The average molecular weight is 321 g/mol.